The highest BCUT2D eigenvalue weighted by molar-refractivity contribution is 9.10. The van der Waals surface area contributed by atoms with Crippen LogP contribution in [0.25, 0.3) is 16.8 Å². The molecule has 0 saturated carbocycles. The van der Waals surface area contributed by atoms with Gasteiger partial charge in [0.05, 0.1) is 28.4 Å². The lowest BCUT2D eigenvalue weighted by Gasteiger charge is -2.04. The number of esters is 1. The summed E-state index contributed by atoms with van der Waals surface area (Å²) in [6.07, 6.45) is 1.80. The lowest BCUT2D eigenvalue weighted by atomic mass is 10.1. The number of hydrogen-bond donors (Lipinski definition) is 0. The number of carbonyl (C=O) groups excluding carboxylic acids is 1. The smallest absolute Gasteiger partial charge is 0.337 e. The van der Waals surface area contributed by atoms with Crippen LogP contribution in [0, 0.1) is 5.82 Å². The molecule has 0 saturated heterocycles. The van der Waals surface area contributed by atoms with Gasteiger partial charge in [0.2, 0.25) is 0 Å². The second-order valence-corrected chi connectivity index (χ2v) is 5.29. The molecule has 21 heavy (non-hydrogen) atoms. The molecule has 106 valence electrons. The van der Waals surface area contributed by atoms with E-state index in [2.05, 4.69) is 20.7 Å². The van der Waals surface area contributed by atoms with Crippen LogP contribution in [0.5, 0.6) is 0 Å². The van der Waals surface area contributed by atoms with Crippen molar-refractivity contribution >= 4 is 27.4 Å². The summed E-state index contributed by atoms with van der Waals surface area (Å²) in [7, 11) is 1.33. The molecule has 0 radical (unpaired) electrons. The highest BCUT2D eigenvalue weighted by atomic mass is 79.9. The zero-order valence-electron chi connectivity index (χ0n) is 11.1. The molecule has 0 bridgehead atoms. The highest BCUT2D eigenvalue weighted by Crippen LogP contribution is 2.34. The van der Waals surface area contributed by atoms with Gasteiger partial charge in [0, 0.05) is 11.8 Å². The predicted molar refractivity (Wildman–Crippen MR) is 81.8 cm³/mol. The Morgan fingerprint density at radius 2 is 1.90 bits per heavy atom. The number of aromatic nitrogens is 1. The molecule has 5 heteroatoms. The first kappa shape index (κ1) is 13.8. The Bertz CT molecular complexity index is 824. The van der Waals surface area contributed by atoms with Gasteiger partial charge in [-0.1, -0.05) is 18.2 Å². The van der Waals surface area contributed by atoms with Gasteiger partial charge in [0.25, 0.3) is 0 Å². The predicted octanol–water partition coefficient (Wildman–Crippen LogP) is 4.29. The number of ether oxygens (including phenoxy) is 1. The van der Waals surface area contributed by atoms with E-state index in [1.54, 1.807) is 34.9 Å². The molecule has 2 aromatic heterocycles. The summed E-state index contributed by atoms with van der Waals surface area (Å²) >= 11 is 3.28. The zero-order chi connectivity index (χ0) is 15.0. The molecule has 0 unspecified atom stereocenters. The quantitative estimate of drug-likeness (QED) is 0.647. The molecular formula is C16H11BrFNO2. The lowest BCUT2D eigenvalue weighted by molar-refractivity contribution is 0.0601. The number of methoxy groups -OCH3 is 1. The Morgan fingerprint density at radius 1 is 1.19 bits per heavy atom. The van der Waals surface area contributed by atoms with Gasteiger partial charge in [-0.3, -0.25) is 0 Å². The van der Waals surface area contributed by atoms with Gasteiger partial charge in [0.1, 0.15) is 0 Å². The third kappa shape index (κ3) is 2.23. The van der Waals surface area contributed by atoms with Gasteiger partial charge in [0.15, 0.2) is 5.82 Å². The third-order valence-corrected chi connectivity index (χ3v) is 4.06. The maximum atomic E-state index is 14.5. The maximum Gasteiger partial charge on any atom is 0.337 e. The molecule has 0 amide bonds. The van der Waals surface area contributed by atoms with E-state index in [4.69, 9.17) is 0 Å². The highest BCUT2D eigenvalue weighted by Gasteiger charge is 2.18. The standard InChI is InChI=1S/C16H11BrFNO2/c1-21-16(20)11-7-5-10(6-8-11)15-14(18)13(17)12-4-2-3-9-19(12)15/h2-9H,1H3. The molecule has 3 rings (SSSR count). The fourth-order valence-corrected chi connectivity index (χ4v) is 2.80. The first-order chi connectivity index (χ1) is 10.1. The zero-order valence-corrected chi connectivity index (χ0v) is 12.7. The van der Waals surface area contributed by atoms with E-state index >= 15 is 0 Å². The number of hydrogen-bond acceptors (Lipinski definition) is 2. The second kappa shape index (κ2) is 5.33. The second-order valence-electron chi connectivity index (χ2n) is 4.50. The fourth-order valence-electron chi connectivity index (χ4n) is 2.29. The minimum atomic E-state index is -0.414. The van der Waals surface area contributed by atoms with Crippen LogP contribution in [0.1, 0.15) is 10.4 Å². The van der Waals surface area contributed by atoms with Gasteiger partial charge in [-0.25, -0.2) is 9.18 Å². The molecule has 2 heterocycles. The lowest BCUT2D eigenvalue weighted by Crippen LogP contribution is -2.00. The Morgan fingerprint density at radius 3 is 2.57 bits per heavy atom. The van der Waals surface area contributed by atoms with E-state index < -0.39 is 5.97 Å². The summed E-state index contributed by atoms with van der Waals surface area (Å²) in [4.78, 5) is 11.4. The monoisotopic (exact) mass is 347 g/mol. The fraction of sp³-hybridized carbons (Fsp3) is 0.0625. The van der Waals surface area contributed by atoms with Crippen molar-refractivity contribution in [1.82, 2.24) is 4.40 Å². The van der Waals surface area contributed by atoms with Crippen molar-refractivity contribution in [2.75, 3.05) is 7.11 Å². The largest absolute Gasteiger partial charge is 0.465 e. The Kier molecular flexibility index (Phi) is 3.51. The number of nitrogens with zero attached hydrogens (tertiary/aromatic N) is 1. The van der Waals surface area contributed by atoms with Crippen molar-refractivity contribution in [3.8, 4) is 11.3 Å². The van der Waals surface area contributed by atoms with Gasteiger partial charge < -0.3 is 9.14 Å². The summed E-state index contributed by atoms with van der Waals surface area (Å²) in [5.41, 5.74) is 2.32. The Labute approximate surface area is 129 Å². The Balaban J connectivity index is 2.17. The molecule has 3 aromatic rings. The molecule has 0 aliphatic rings. The maximum absolute atomic E-state index is 14.5. The van der Waals surface area contributed by atoms with E-state index in [1.807, 2.05) is 18.2 Å². The van der Waals surface area contributed by atoms with Crippen molar-refractivity contribution in [2.45, 2.75) is 0 Å². The summed E-state index contributed by atoms with van der Waals surface area (Å²) in [5.74, 6) is -0.741. The van der Waals surface area contributed by atoms with E-state index in [0.717, 1.165) is 5.52 Å². The minimum Gasteiger partial charge on any atom is -0.465 e. The normalized spacial score (nSPS) is 10.8. The average Bonchev–Trinajstić information content (AvgIpc) is 2.79. The van der Waals surface area contributed by atoms with Crippen LogP contribution in [0.2, 0.25) is 0 Å². The van der Waals surface area contributed by atoms with Crippen LogP contribution >= 0.6 is 15.9 Å². The number of carbonyl (C=O) groups is 1. The molecule has 0 atom stereocenters. The van der Waals surface area contributed by atoms with Gasteiger partial charge in [-0.2, -0.15) is 0 Å². The number of rotatable bonds is 2. The number of benzene rings is 1. The Hall–Kier alpha value is -2.14. The van der Waals surface area contributed by atoms with Crippen LogP contribution in [-0.2, 0) is 4.74 Å². The van der Waals surface area contributed by atoms with E-state index in [0.29, 0.717) is 21.3 Å². The molecule has 0 fully saturated rings. The first-order valence-electron chi connectivity index (χ1n) is 6.26. The van der Waals surface area contributed by atoms with E-state index in [9.17, 15) is 9.18 Å². The average molecular weight is 348 g/mol. The van der Waals surface area contributed by atoms with E-state index in [-0.39, 0.29) is 5.82 Å². The topological polar surface area (TPSA) is 30.7 Å². The number of fused-ring (bicyclic) bond motifs is 1. The molecule has 3 nitrogen and oxygen atoms in total. The van der Waals surface area contributed by atoms with Crippen molar-refractivity contribution < 1.29 is 13.9 Å². The van der Waals surface area contributed by atoms with Crippen molar-refractivity contribution in [3.05, 3.63) is 64.5 Å². The number of pyridine rings is 1. The summed E-state index contributed by atoms with van der Waals surface area (Å²) in [6, 6.07) is 12.2. The molecular weight excluding hydrogens is 337 g/mol. The summed E-state index contributed by atoms with van der Waals surface area (Å²) < 4.78 is 21.3. The molecule has 0 aliphatic carbocycles. The van der Waals surface area contributed by atoms with E-state index in [1.165, 1.54) is 7.11 Å². The van der Waals surface area contributed by atoms with Crippen LogP contribution in [-0.4, -0.2) is 17.5 Å². The van der Waals surface area contributed by atoms with Gasteiger partial charge in [-0.05, 0) is 40.2 Å². The van der Waals surface area contributed by atoms with Crippen LogP contribution in [0.3, 0.4) is 0 Å². The molecule has 0 spiro atoms. The van der Waals surface area contributed by atoms with Crippen LogP contribution in [0.4, 0.5) is 4.39 Å². The number of halogens is 2. The summed E-state index contributed by atoms with van der Waals surface area (Å²) in [5, 5.41) is 0. The first-order valence-corrected chi connectivity index (χ1v) is 7.05. The SMILES string of the molecule is COC(=O)c1ccc(-c2c(F)c(Br)c3ccccn23)cc1. The van der Waals surface area contributed by atoms with Crippen LogP contribution < -0.4 is 0 Å². The van der Waals surface area contributed by atoms with Gasteiger partial charge >= 0.3 is 5.97 Å². The van der Waals surface area contributed by atoms with Crippen molar-refractivity contribution in [2.24, 2.45) is 0 Å². The molecule has 1 aromatic carbocycles. The van der Waals surface area contributed by atoms with Crippen molar-refractivity contribution in [1.29, 1.82) is 0 Å². The van der Waals surface area contributed by atoms with Crippen LogP contribution in [0.15, 0.2) is 53.1 Å². The minimum absolute atomic E-state index is 0.327. The third-order valence-electron chi connectivity index (χ3n) is 3.31. The molecule has 0 aliphatic heterocycles. The van der Waals surface area contributed by atoms with Crippen molar-refractivity contribution in [3.63, 3.8) is 0 Å². The molecule has 0 N–H and O–H groups in total. The summed E-state index contributed by atoms with van der Waals surface area (Å²) in [6.45, 7) is 0. The van der Waals surface area contributed by atoms with Gasteiger partial charge in [-0.15, -0.1) is 0 Å².